The van der Waals surface area contributed by atoms with Gasteiger partial charge in [0.05, 0.1) is 11.8 Å². The average molecular weight is 315 g/mol. The van der Waals surface area contributed by atoms with E-state index in [2.05, 4.69) is 10.4 Å². The van der Waals surface area contributed by atoms with E-state index in [0.717, 1.165) is 11.3 Å². The van der Waals surface area contributed by atoms with Crippen molar-refractivity contribution in [1.82, 2.24) is 15.1 Å². The molecule has 0 bridgehead atoms. The highest BCUT2D eigenvalue weighted by Crippen LogP contribution is 2.19. The maximum atomic E-state index is 12.4. The van der Waals surface area contributed by atoms with Crippen LogP contribution in [0.1, 0.15) is 53.8 Å². The van der Waals surface area contributed by atoms with E-state index in [1.165, 1.54) is 0 Å². The van der Waals surface area contributed by atoms with Gasteiger partial charge in [-0.25, -0.2) is 0 Å². The molecule has 1 atom stereocenters. The molecule has 5 nitrogen and oxygen atoms in total. The second kappa shape index (κ2) is 7.92. The van der Waals surface area contributed by atoms with Crippen LogP contribution in [-0.4, -0.2) is 33.9 Å². The number of aliphatic hydroxyl groups excluding tert-OH is 1. The molecule has 124 valence electrons. The van der Waals surface area contributed by atoms with Crippen molar-refractivity contribution in [3.63, 3.8) is 0 Å². The van der Waals surface area contributed by atoms with Crippen molar-refractivity contribution in [2.45, 2.75) is 39.2 Å². The van der Waals surface area contributed by atoms with Gasteiger partial charge >= 0.3 is 0 Å². The summed E-state index contributed by atoms with van der Waals surface area (Å²) < 4.78 is 1.84. The number of benzene rings is 1. The Bertz CT molecular complexity index is 635. The van der Waals surface area contributed by atoms with E-state index in [4.69, 9.17) is 0 Å². The van der Waals surface area contributed by atoms with Crippen LogP contribution in [0.5, 0.6) is 0 Å². The lowest BCUT2D eigenvalue weighted by molar-refractivity contribution is 0.0948. The number of amides is 1. The molecular formula is C18H25N3O2. The molecule has 0 fully saturated rings. The zero-order chi connectivity index (χ0) is 16.8. The van der Waals surface area contributed by atoms with Crippen LogP contribution in [0.3, 0.4) is 0 Å². The summed E-state index contributed by atoms with van der Waals surface area (Å²) in [5.74, 6) is -0.0149. The Kier molecular flexibility index (Phi) is 5.93. The quantitative estimate of drug-likeness (QED) is 0.825. The van der Waals surface area contributed by atoms with Gasteiger partial charge in [-0.15, -0.1) is 0 Å². The van der Waals surface area contributed by atoms with E-state index in [0.29, 0.717) is 18.5 Å². The molecule has 0 aliphatic heterocycles. The summed E-state index contributed by atoms with van der Waals surface area (Å²) in [4.78, 5) is 12.4. The molecule has 0 aliphatic carbocycles. The molecule has 0 saturated carbocycles. The summed E-state index contributed by atoms with van der Waals surface area (Å²) >= 11 is 0. The Balaban J connectivity index is 2.05. The van der Waals surface area contributed by atoms with Gasteiger partial charge < -0.3 is 10.4 Å². The van der Waals surface area contributed by atoms with Crippen LogP contribution in [0, 0.1) is 6.92 Å². The lowest BCUT2D eigenvalue weighted by Crippen LogP contribution is -2.29. The van der Waals surface area contributed by atoms with E-state index in [1.54, 1.807) is 6.20 Å². The number of carbonyl (C=O) groups is 1. The zero-order valence-corrected chi connectivity index (χ0v) is 14.0. The van der Waals surface area contributed by atoms with Crippen molar-refractivity contribution in [2.24, 2.45) is 0 Å². The molecule has 0 aliphatic rings. The van der Waals surface area contributed by atoms with Crippen molar-refractivity contribution < 1.29 is 9.90 Å². The van der Waals surface area contributed by atoms with Crippen LogP contribution in [0.2, 0.25) is 0 Å². The van der Waals surface area contributed by atoms with Crippen LogP contribution in [0.4, 0.5) is 0 Å². The largest absolute Gasteiger partial charge is 0.396 e. The van der Waals surface area contributed by atoms with Crippen LogP contribution in [0.25, 0.3) is 0 Å². The molecule has 1 unspecified atom stereocenters. The summed E-state index contributed by atoms with van der Waals surface area (Å²) in [5.41, 5.74) is 2.60. The van der Waals surface area contributed by atoms with Gasteiger partial charge in [-0.3, -0.25) is 9.48 Å². The minimum atomic E-state index is -0.117. The first-order valence-electron chi connectivity index (χ1n) is 8.02. The molecule has 1 aromatic heterocycles. The molecule has 0 saturated heterocycles. The third-order valence-electron chi connectivity index (χ3n) is 4.04. The minimum absolute atomic E-state index is 0.0970. The number of aliphatic hydroxyl groups is 1. The highest BCUT2D eigenvalue weighted by molar-refractivity contribution is 5.95. The second-order valence-corrected chi connectivity index (χ2v) is 6.01. The Morgan fingerprint density at radius 3 is 2.57 bits per heavy atom. The standard InChI is InChI=1S/C18H25N3O2/c1-13(2)21-14(3)17(12-20-21)18(23)19-11-16(9-10-22)15-7-5-4-6-8-15/h4-8,12-13,16,22H,9-11H2,1-3H3,(H,19,23). The number of rotatable bonds is 7. The molecule has 2 rings (SSSR count). The van der Waals surface area contributed by atoms with Gasteiger partial charge in [0.15, 0.2) is 0 Å². The maximum absolute atomic E-state index is 12.4. The number of nitrogens with one attached hydrogen (secondary N) is 1. The number of aromatic nitrogens is 2. The fraction of sp³-hybridized carbons (Fsp3) is 0.444. The van der Waals surface area contributed by atoms with Crippen LogP contribution >= 0.6 is 0 Å². The highest BCUT2D eigenvalue weighted by Gasteiger charge is 2.17. The number of nitrogens with zero attached hydrogens (tertiary/aromatic N) is 2. The molecular weight excluding hydrogens is 290 g/mol. The van der Waals surface area contributed by atoms with Gasteiger partial charge in [0, 0.05) is 30.8 Å². The Morgan fingerprint density at radius 2 is 2.00 bits per heavy atom. The van der Waals surface area contributed by atoms with E-state index in [-0.39, 0.29) is 24.5 Å². The first-order chi connectivity index (χ1) is 11.0. The lowest BCUT2D eigenvalue weighted by Gasteiger charge is -2.17. The van der Waals surface area contributed by atoms with Crippen LogP contribution in [-0.2, 0) is 0 Å². The molecule has 1 amide bonds. The first kappa shape index (κ1) is 17.2. The predicted octanol–water partition coefficient (Wildman–Crippen LogP) is 2.67. The molecule has 5 heteroatoms. The highest BCUT2D eigenvalue weighted by atomic mass is 16.3. The third kappa shape index (κ3) is 4.20. The van der Waals surface area contributed by atoms with E-state index >= 15 is 0 Å². The number of carbonyl (C=O) groups excluding carboxylic acids is 1. The van der Waals surface area contributed by atoms with Crippen molar-refractivity contribution in [3.8, 4) is 0 Å². The number of hydrogen-bond acceptors (Lipinski definition) is 3. The number of hydrogen-bond donors (Lipinski definition) is 2. The van der Waals surface area contributed by atoms with Gasteiger partial charge in [-0.2, -0.15) is 5.10 Å². The van der Waals surface area contributed by atoms with Gasteiger partial charge in [0.25, 0.3) is 5.91 Å². The monoisotopic (exact) mass is 315 g/mol. The fourth-order valence-electron chi connectivity index (χ4n) is 2.75. The van der Waals surface area contributed by atoms with Crippen molar-refractivity contribution in [3.05, 3.63) is 53.3 Å². The Hall–Kier alpha value is -2.14. The summed E-state index contributed by atoms with van der Waals surface area (Å²) in [7, 11) is 0. The van der Waals surface area contributed by atoms with E-state index in [1.807, 2.05) is 55.8 Å². The van der Waals surface area contributed by atoms with E-state index in [9.17, 15) is 9.90 Å². The van der Waals surface area contributed by atoms with Crippen molar-refractivity contribution in [1.29, 1.82) is 0 Å². The minimum Gasteiger partial charge on any atom is -0.396 e. The SMILES string of the molecule is Cc1c(C(=O)NCC(CCO)c2ccccc2)cnn1C(C)C. The molecule has 1 heterocycles. The predicted molar refractivity (Wildman–Crippen MR) is 90.6 cm³/mol. The smallest absolute Gasteiger partial charge is 0.254 e. The normalized spacial score (nSPS) is 12.4. The van der Waals surface area contributed by atoms with Gasteiger partial charge in [0.1, 0.15) is 0 Å². The van der Waals surface area contributed by atoms with Gasteiger partial charge in [-0.05, 0) is 32.8 Å². The summed E-state index contributed by atoms with van der Waals surface area (Å²) in [5, 5.41) is 16.5. The van der Waals surface area contributed by atoms with Gasteiger partial charge in [-0.1, -0.05) is 30.3 Å². The molecule has 1 aromatic carbocycles. The van der Waals surface area contributed by atoms with Crippen LogP contribution in [0.15, 0.2) is 36.5 Å². The average Bonchev–Trinajstić information content (AvgIpc) is 2.94. The summed E-state index contributed by atoms with van der Waals surface area (Å²) in [6.45, 7) is 6.57. The topological polar surface area (TPSA) is 67.2 Å². The molecule has 23 heavy (non-hydrogen) atoms. The lowest BCUT2D eigenvalue weighted by atomic mass is 9.96. The first-order valence-corrected chi connectivity index (χ1v) is 8.02. The maximum Gasteiger partial charge on any atom is 0.254 e. The summed E-state index contributed by atoms with van der Waals surface area (Å²) in [6, 6.07) is 10.2. The zero-order valence-electron chi connectivity index (χ0n) is 14.0. The Labute approximate surface area is 137 Å². The molecule has 0 spiro atoms. The molecule has 2 N–H and O–H groups in total. The molecule has 0 radical (unpaired) electrons. The van der Waals surface area contributed by atoms with Gasteiger partial charge in [0.2, 0.25) is 0 Å². The molecule has 2 aromatic rings. The second-order valence-electron chi connectivity index (χ2n) is 6.01. The van der Waals surface area contributed by atoms with Crippen molar-refractivity contribution >= 4 is 5.91 Å². The van der Waals surface area contributed by atoms with Crippen molar-refractivity contribution in [2.75, 3.05) is 13.2 Å². The third-order valence-corrected chi connectivity index (χ3v) is 4.04. The fourth-order valence-corrected chi connectivity index (χ4v) is 2.75. The summed E-state index contributed by atoms with van der Waals surface area (Å²) in [6.07, 6.45) is 2.24. The van der Waals surface area contributed by atoms with Crippen LogP contribution < -0.4 is 5.32 Å². The Morgan fingerprint density at radius 1 is 1.30 bits per heavy atom. The van der Waals surface area contributed by atoms with E-state index < -0.39 is 0 Å².